The summed E-state index contributed by atoms with van der Waals surface area (Å²) in [5, 5.41) is 1.60. The maximum absolute atomic E-state index is 13.2. The Morgan fingerprint density at radius 1 is 0.731 bits per heavy atom. The summed E-state index contributed by atoms with van der Waals surface area (Å²) in [5.74, 6) is -0.492. The van der Waals surface area contributed by atoms with Crippen LogP contribution >= 0.6 is 0 Å². The van der Waals surface area contributed by atoms with Crippen molar-refractivity contribution in [3.8, 4) is 0 Å². The van der Waals surface area contributed by atoms with E-state index in [1.807, 2.05) is 66.7 Å². The number of para-hydroxylation sites is 2. The van der Waals surface area contributed by atoms with Gasteiger partial charge in [0.2, 0.25) is 5.91 Å². The van der Waals surface area contributed by atoms with Crippen molar-refractivity contribution in [2.24, 2.45) is 0 Å². The highest BCUT2D eigenvalue weighted by molar-refractivity contribution is 6.30. The highest BCUT2D eigenvalue weighted by atomic mass is 16.2. The van der Waals surface area contributed by atoms with Crippen LogP contribution in [0.5, 0.6) is 0 Å². The molecule has 4 aromatic rings. The smallest absolute Gasteiger partial charge is 0.265 e. The zero-order chi connectivity index (χ0) is 17.7. The summed E-state index contributed by atoms with van der Waals surface area (Å²) in [6.45, 7) is 0. The maximum atomic E-state index is 13.2. The van der Waals surface area contributed by atoms with Gasteiger partial charge < -0.3 is 0 Å². The highest BCUT2D eigenvalue weighted by Gasteiger charge is 2.34. The highest BCUT2D eigenvalue weighted by Crippen LogP contribution is 2.36. The number of carbonyl (C=O) groups is 2. The SMILES string of the molecule is O=C1Cc2ccccc2C(=O)N1c1c2ccccc2nc2ccccc12. The number of aromatic nitrogens is 1. The number of rotatable bonds is 1. The minimum atomic E-state index is -0.279. The van der Waals surface area contributed by atoms with E-state index in [4.69, 9.17) is 0 Å². The van der Waals surface area contributed by atoms with Crippen molar-refractivity contribution < 1.29 is 9.59 Å². The van der Waals surface area contributed by atoms with Crippen molar-refractivity contribution in [2.75, 3.05) is 4.90 Å². The second-order valence-corrected chi connectivity index (χ2v) is 6.36. The fourth-order valence-electron chi connectivity index (χ4n) is 3.64. The first kappa shape index (κ1) is 14.8. The van der Waals surface area contributed by atoms with Crippen LogP contribution < -0.4 is 4.90 Å². The molecule has 1 aliphatic heterocycles. The van der Waals surface area contributed by atoms with Gasteiger partial charge in [0.15, 0.2) is 0 Å². The zero-order valence-electron chi connectivity index (χ0n) is 13.8. The molecular formula is C22H14N2O2. The Balaban J connectivity index is 1.86. The topological polar surface area (TPSA) is 50.3 Å². The third-order valence-electron chi connectivity index (χ3n) is 4.82. The quantitative estimate of drug-likeness (QED) is 0.387. The van der Waals surface area contributed by atoms with Crippen molar-refractivity contribution in [2.45, 2.75) is 6.42 Å². The van der Waals surface area contributed by atoms with Gasteiger partial charge in [-0.3, -0.25) is 9.59 Å². The Morgan fingerprint density at radius 3 is 2.00 bits per heavy atom. The Labute approximate surface area is 149 Å². The molecular weight excluding hydrogens is 324 g/mol. The number of pyridine rings is 1. The number of benzene rings is 3. The van der Waals surface area contributed by atoms with Crippen molar-refractivity contribution in [1.82, 2.24) is 4.98 Å². The monoisotopic (exact) mass is 338 g/mol. The molecule has 26 heavy (non-hydrogen) atoms. The molecule has 0 radical (unpaired) electrons. The molecule has 1 aromatic heterocycles. The average molecular weight is 338 g/mol. The summed E-state index contributed by atoms with van der Waals surface area (Å²) in [5.41, 5.74) is 3.51. The van der Waals surface area contributed by atoms with Crippen LogP contribution in [0.2, 0.25) is 0 Å². The first-order valence-corrected chi connectivity index (χ1v) is 8.47. The average Bonchev–Trinajstić information content (AvgIpc) is 2.67. The van der Waals surface area contributed by atoms with Gasteiger partial charge in [0.25, 0.3) is 5.91 Å². The van der Waals surface area contributed by atoms with E-state index >= 15 is 0 Å². The van der Waals surface area contributed by atoms with Gasteiger partial charge in [0, 0.05) is 16.3 Å². The van der Waals surface area contributed by atoms with Crippen molar-refractivity contribution in [3.63, 3.8) is 0 Å². The number of anilines is 1. The van der Waals surface area contributed by atoms with E-state index < -0.39 is 0 Å². The van der Waals surface area contributed by atoms with Gasteiger partial charge in [0.1, 0.15) is 0 Å². The standard InChI is InChI=1S/C22H14N2O2/c25-20-13-14-7-1-2-8-15(14)22(26)24(20)21-16-9-3-5-11-18(16)23-19-12-6-4-10-17(19)21/h1-12H,13H2. The Morgan fingerprint density at radius 2 is 1.31 bits per heavy atom. The molecule has 0 spiro atoms. The molecule has 3 aromatic carbocycles. The number of hydrogen-bond donors (Lipinski definition) is 0. The number of carbonyl (C=O) groups excluding carboxylic acids is 2. The Bertz CT molecular complexity index is 1160. The van der Waals surface area contributed by atoms with E-state index in [2.05, 4.69) is 4.98 Å². The molecule has 2 amide bonds. The molecule has 4 heteroatoms. The van der Waals surface area contributed by atoms with E-state index in [1.54, 1.807) is 6.07 Å². The first-order chi connectivity index (χ1) is 12.7. The lowest BCUT2D eigenvalue weighted by molar-refractivity contribution is -0.117. The van der Waals surface area contributed by atoms with Crippen molar-refractivity contribution in [1.29, 1.82) is 0 Å². The minimum absolute atomic E-state index is 0.213. The van der Waals surface area contributed by atoms with Crippen LogP contribution in [0.3, 0.4) is 0 Å². The van der Waals surface area contributed by atoms with Gasteiger partial charge in [0.05, 0.1) is 23.1 Å². The van der Waals surface area contributed by atoms with Crippen LogP contribution in [-0.2, 0) is 11.2 Å². The van der Waals surface area contributed by atoms with Crippen LogP contribution in [0.4, 0.5) is 5.69 Å². The van der Waals surface area contributed by atoms with E-state index in [0.717, 1.165) is 27.4 Å². The van der Waals surface area contributed by atoms with Crippen molar-refractivity contribution in [3.05, 3.63) is 83.9 Å². The van der Waals surface area contributed by atoms with Crippen LogP contribution in [0.25, 0.3) is 21.8 Å². The molecule has 0 atom stereocenters. The second-order valence-electron chi connectivity index (χ2n) is 6.36. The van der Waals surface area contributed by atoms with Gasteiger partial charge in [-0.2, -0.15) is 0 Å². The maximum Gasteiger partial charge on any atom is 0.265 e. The van der Waals surface area contributed by atoms with E-state index in [9.17, 15) is 9.59 Å². The first-order valence-electron chi connectivity index (χ1n) is 8.47. The fourth-order valence-corrected chi connectivity index (χ4v) is 3.64. The van der Waals surface area contributed by atoms with Crippen LogP contribution in [0.1, 0.15) is 15.9 Å². The normalized spacial score (nSPS) is 14.1. The Kier molecular flexibility index (Phi) is 3.12. The lowest BCUT2D eigenvalue weighted by Crippen LogP contribution is -2.42. The third kappa shape index (κ3) is 2.05. The number of fused-ring (bicyclic) bond motifs is 3. The molecule has 0 saturated carbocycles. The number of hydrogen-bond acceptors (Lipinski definition) is 3. The third-order valence-corrected chi connectivity index (χ3v) is 4.82. The van der Waals surface area contributed by atoms with Crippen molar-refractivity contribution >= 4 is 39.3 Å². The molecule has 0 bridgehead atoms. The molecule has 4 nitrogen and oxygen atoms in total. The van der Waals surface area contributed by atoms with E-state index in [1.165, 1.54) is 4.90 Å². The lowest BCUT2D eigenvalue weighted by Gasteiger charge is -2.28. The summed E-state index contributed by atoms with van der Waals surface area (Å²) in [6.07, 6.45) is 0.215. The number of amides is 2. The molecule has 0 saturated heterocycles. The number of nitrogens with zero attached hydrogens (tertiary/aromatic N) is 2. The van der Waals surface area contributed by atoms with Crippen LogP contribution in [0.15, 0.2) is 72.8 Å². The van der Waals surface area contributed by atoms with Gasteiger partial charge >= 0.3 is 0 Å². The predicted molar refractivity (Wildman–Crippen MR) is 101 cm³/mol. The molecule has 5 rings (SSSR count). The summed E-state index contributed by atoms with van der Waals surface area (Å²) >= 11 is 0. The predicted octanol–water partition coefficient (Wildman–Crippen LogP) is 4.12. The molecule has 0 aliphatic carbocycles. The molecule has 1 aliphatic rings. The molecule has 0 N–H and O–H groups in total. The zero-order valence-corrected chi connectivity index (χ0v) is 13.8. The summed E-state index contributed by atoms with van der Waals surface area (Å²) in [7, 11) is 0. The minimum Gasteiger partial charge on any atom is -0.274 e. The fraction of sp³-hybridized carbons (Fsp3) is 0.0455. The van der Waals surface area contributed by atoms with Gasteiger partial charge in [-0.05, 0) is 23.8 Å². The lowest BCUT2D eigenvalue weighted by atomic mass is 9.96. The van der Waals surface area contributed by atoms with Crippen LogP contribution in [-0.4, -0.2) is 16.8 Å². The second kappa shape index (κ2) is 5.49. The molecule has 2 heterocycles. The summed E-state index contributed by atoms with van der Waals surface area (Å²) in [6, 6.07) is 22.5. The van der Waals surface area contributed by atoms with Gasteiger partial charge in [-0.25, -0.2) is 9.88 Å². The van der Waals surface area contributed by atoms with Gasteiger partial charge in [-0.1, -0.05) is 54.6 Å². The summed E-state index contributed by atoms with van der Waals surface area (Å²) < 4.78 is 0. The Hall–Kier alpha value is -3.53. The van der Waals surface area contributed by atoms with Crippen LogP contribution in [0, 0.1) is 0 Å². The molecule has 0 unspecified atom stereocenters. The summed E-state index contributed by atoms with van der Waals surface area (Å²) in [4.78, 5) is 32.1. The molecule has 0 fully saturated rings. The van der Waals surface area contributed by atoms with E-state index in [-0.39, 0.29) is 18.2 Å². The molecule has 124 valence electrons. The van der Waals surface area contributed by atoms with Gasteiger partial charge in [-0.15, -0.1) is 0 Å². The largest absolute Gasteiger partial charge is 0.274 e. The van der Waals surface area contributed by atoms with E-state index in [0.29, 0.717) is 11.3 Å². The number of imide groups is 1.